The van der Waals surface area contributed by atoms with Crippen LogP contribution in [0.25, 0.3) is 5.69 Å². The Kier molecular flexibility index (Phi) is 6.97. The van der Waals surface area contributed by atoms with Crippen LogP contribution < -0.4 is 16.7 Å². The molecular weight excluding hydrogens is 366 g/mol. The molecule has 0 spiro atoms. The third kappa shape index (κ3) is 5.20. The number of carbonyl (C=O) groups is 1. The number of amides is 1. The molecule has 0 fully saturated rings. The van der Waals surface area contributed by atoms with E-state index in [2.05, 4.69) is 10.4 Å². The summed E-state index contributed by atoms with van der Waals surface area (Å²) in [6.07, 6.45) is 1.11. The van der Waals surface area contributed by atoms with Crippen molar-refractivity contribution < 1.29 is 4.79 Å². The Labute approximate surface area is 170 Å². The van der Waals surface area contributed by atoms with Gasteiger partial charge in [-0.1, -0.05) is 55.5 Å². The first-order chi connectivity index (χ1) is 14.1. The lowest BCUT2D eigenvalue weighted by atomic mass is 10.1. The Morgan fingerprint density at radius 3 is 2.41 bits per heavy atom. The molecule has 1 aromatic heterocycles. The van der Waals surface area contributed by atoms with Crippen molar-refractivity contribution in [2.24, 2.45) is 11.7 Å². The van der Waals surface area contributed by atoms with Gasteiger partial charge < -0.3 is 11.1 Å². The Morgan fingerprint density at radius 2 is 1.76 bits per heavy atom. The van der Waals surface area contributed by atoms with E-state index in [0.29, 0.717) is 37.6 Å². The minimum absolute atomic E-state index is 0.0635. The van der Waals surface area contributed by atoms with Gasteiger partial charge in [0.25, 0.3) is 0 Å². The molecule has 152 valence electrons. The van der Waals surface area contributed by atoms with Gasteiger partial charge in [-0.3, -0.25) is 9.36 Å². The van der Waals surface area contributed by atoms with Crippen molar-refractivity contribution >= 4 is 5.91 Å². The molecule has 1 amide bonds. The highest BCUT2D eigenvalue weighted by Crippen LogP contribution is 2.11. The zero-order chi connectivity index (χ0) is 20.6. The predicted molar refractivity (Wildman–Crippen MR) is 113 cm³/mol. The number of nitrogens with two attached hydrogens (primary N) is 1. The van der Waals surface area contributed by atoms with Gasteiger partial charge in [0.15, 0.2) is 0 Å². The SMILES string of the molecule is CC(Cc1nn(-c2ccccc2)c(=O)n1Cc1ccccc1)C(=O)NCCCN. The number of nitrogens with one attached hydrogen (secondary N) is 1. The van der Waals surface area contributed by atoms with Crippen LogP contribution in [0.4, 0.5) is 0 Å². The van der Waals surface area contributed by atoms with E-state index < -0.39 is 0 Å². The van der Waals surface area contributed by atoms with Gasteiger partial charge in [0.2, 0.25) is 5.91 Å². The van der Waals surface area contributed by atoms with Gasteiger partial charge in [-0.15, -0.1) is 5.10 Å². The highest BCUT2D eigenvalue weighted by molar-refractivity contribution is 5.78. The Hall–Kier alpha value is -3.19. The Bertz CT molecular complexity index is 979. The number of hydrogen-bond donors (Lipinski definition) is 2. The minimum Gasteiger partial charge on any atom is -0.356 e. The second-order valence-corrected chi connectivity index (χ2v) is 7.06. The molecular formula is C22H27N5O2. The van der Waals surface area contributed by atoms with Gasteiger partial charge in [-0.2, -0.15) is 4.68 Å². The number of hydrogen-bond acceptors (Lipinski definition) is 4. The molecule has 1 unspecified atom stereocenters. The monoisotopic (exact) mass is 393 g/mol. The summed E-state index contributed by atoms with van der Waals surface area (Å²) in [6.45, 7) is 3.34. The Morgan fingerprint density at radius 1 is 1.10 bits per heavy atom. The van der Waals surface area contributed by atoms with E-state index in [-0.39, 0.29) is 17.5 Å². The smallest absolute Gasteiger partial charge is 0.351 e. The van der Waals surface area contributed by atoms with E-state index >= 15 is 0 Å². The third-order valence-electron chi connectivity index (χ3n) is 4.74. The molecule has 0 saturated carbocycles. The normalized spacial score (nSPS) is 11.9. The van der Waals surface area contributed by atoms with Gasteiger partial charge in [0, 0.05) is 18.9 Å². The summed E-state index contributed by atoms with van der Waals surface area (Å²) in [5.41, 5.74) is 6.97. The van der Waals surface area contributed by atoms with Crippen LogP contribution in [0.3, 0.4) is 0 Å². The molecule has 3 rings (SSSR count). The predicted octanol–water partition coefficient (Wildman–Crippen LogP) is 1.73. The standard InChI is InChI=1S/C22H27N5O2/c1-17(21(28)24-14-8-13-23)15-20-25-27(19-11-6-3-7-12-19)22(29)26(20)16-18-9-4-2-5-10-18/h2-7,9-12,17H,8,13-16,23H2,1H3,(H,24,28). The topological polar surface area (TPSA) is 94.9 Å². The quantitative estimate of drug-likeness (QED) is 0.541. The fourth-order valence-corrected chi connectivity index (χ4v) is 3.10. The lowest BCUT2D eigenvalue weighted by molar-refractivity contribution is -0.124. The molecule has 0 aliphatic heterocycles. The fraction of sp³-hybridized carbons (Fsp3) is 0.318. The van der Waals surface area contributed by atoms with Crippen LogP contribution in [0.15, 0.2) is 65.5 Å². The van der Waals surface area contributed by atoms with Gasteiger partial charge in [0.1, 0.15) is 5.82 Å². The molecule has 0 saturated heterocycles. The summed E-state index contributed by atoms with van der Waals surface area (Å²) in [5, 5.41) is 7.45. The van der Waals surface area contributed by atoms with Crippen LogP contribution in [0, 0.1) is 5.92 Å². The summed E-state index contributed by atoms with van der Waals surface area (Å²) >= 11 is 0. The highest BCUT2D eigenvalue weighted by Gasteiger charge is 2.20. The lowest BCUT2D eigenvalue weighted by Crippen LogP contribution is -2.32. The van der Waals surface area contributed by atoms with Crippen molar-refractivity contribution in [3.05, 3.63) is 82.5 Å². The first-order valence-electron chi connectivity index (χ1n) is 9.86. The fourth-order valence-electron chi connectivity index (χ4n) is 3.10. The van der Waals surface area contributed by atoms with E-state index in [1.807, 2.05) is 67.6 Å². The zero-order valence-electron chi connectivity index (χ0n) is 16.6. The van der Waals surface area contributed by atoms with Crippen LogP contribution in [0.2, 0.25) is 0 Å². The third-order valence-corrected chi connectivity index (χ3v) is 4.74. The molecule has 7 nitrogen and oxygen atoms in total. The molecule has 3 N–H and O–H groups in total. The molecule has 1 heterocycles. The number of para-hydroxylation sites is 1. The molecule has 0 radical (unpaired) electrons. The van der Waals surface area contributed by atoms with E-state index in [4.69, 9.17) is 5.73 Å². The van der Waals surface area contributed by atoms with E-state index in [1.165, 1.54) is 4.68 Å². The van der Waals surface area contributed by atoms with Crippen LogP contribution in [-0.4, -0.2) is 33.3 Å². The maximum atomic E-state index is 13.1. The molecule has 3 aromatic rings. The summed E-state index contributed by atoms with van der Waals surface area (Å²) < 4.78 is 3.04. The zero-order valence-corrected chi connectivity index (χ0v) is 16.6. The average Bonchev–Trinajstić information content (AvgIpc) is 3.05. The molecule has 0 aliphatic carbocycles. The van der Waals surface area contributed by atoms with Gasteiger partial charge in [-0.25, -0.2) is 4.79 Å². The molecule has 0 bridgehead atoms. The van der Waals surface area contributed by atoms with Crippen molar-refractivity contribution in [2.75, 3.05) is 13.1 Å². The van der Waals surface area contributed by atoms with Crippen molar-refractivity contribution in [3.63, 3.8) is 0 Å². The lowest BCUT2D eigenvalue weighted by Gasteiger charge is -2.12. The van der Waals surface area contributed by atoms with E-state index in [9.17, 15) is 9.59 Å². The molecule has 0 aliphatic rings. The molecule has 2 aromatic carbocycles. The van der Waals surface area contributed by atoms with Crippen LogP contribution in [0.1, 0.15) is 24.7 Å². The van der Waals surface area contributed by atoms with Crippen molar-refractivity contribution in [2.45, 2.75) is 26.3 Å². The number of rotatable bonds is 9. The minimum atomic E-state index is -0.312. The second kappa shape index (κ2) is 9.84. The number of aromatic nitrogens is 3. The maximum Gasteiger partial charge on any atom is 0.351 e. The first kappa shape index (κ1) is 20.5. The number of benzene rings is 2. The van der Waals surface area contributed by atoms with Crippen LogP contribution in [0.5, 0.6) is 0 Å². The summed E-state index contributed by atoms with van der Waals surface area (Å²) in [7, 11) is 0. The summed E-state index contributed by atoms with van der Waals surface area (Å²) in [4.78, 5) is 25.5. The van der Waals surface area contributed by atoms with Crippen molar-refractivity contribution in [1.82, 2.24) is 19.7 Å². The van der Waals surface area contributed by atoms with Crippen molar-refractivity contribution in [1.29, 1.82) is 0 Å². The molecule has 29 heavy (non-hydrogen) atoms. The summed E-state index contributed by atoms with van der Waals surface area (Å²) in [6, 6.07) is 19.1. The van der Waals surface area contributed by atoms with Crippen LogP contribution in [-0.2, 0) is 17.8 Å². The Balaban J connectivity index is 1.90. The number of carbonyl (C=O) groups excluding carboxylic acids is 1. The van der Waals surface area contributed by atoms with Crippen molar-refractivity contribution in [3.8, 4) is 5.69 Å². The second-order valence-electron chi connectivity index (χ2n) is 7.06. The van der Waals surface area contributed by atoms with Gasteiger partial charge in [0.05, 0.1) is 12.2 Å². The van der Waals surface area contributed by atoms with Gasteiger partial charge >= 0.3 is 5.69 Å². The van der Waals surface area contributed by atoms with Crippen LogP contribution >= 0.6 is 0 Å². The maximum absolute atomic E-state index is 13.1. The average molecular weight is 393 g/mol. The number of nitrogens with zero attached hydrogens (tertiary/aromatic N) is 3. The van der Waals surface area contributed by atoms with E-state index in [0.717, 1.165) is 12.0 Å². The van der Waals surface area contributed by atoms with Gasteiger partial charge in [-0.05, 0) is 30.7 Å². The largest absolute Gasteiger partial charge is 0.356 e. The first-order valence-corrected chi connectivity index (χ1v) is 9.86. The van der Waals surface area contributed by atoms with E-state index in [1.54, 1.807) is 4.57 Å². The highest BCUT2D eigenvalue weighted by atomic mass is 16.2. The molecule has 7 heteroatoms. The summed E-state index contributed by atoms with van der Waals surface area (Å²) in [5.74, 6) is 0.212. The molecule has 1 atom stereocenters.